The Bertz CT molecular complexity index is 247. The molecule has 0 saturated carbocycles. The molecule has 1 fully saturated rings. The van der Waals surface area contributed by atoms with E-state index in [0.29, 0.717) is 19.1 Å². The first kappa shape index (κ1) is 15.2. The van der Waals surface area contributed by atoms with E-state index in [1.165, 1.54) is 19.4 Å². The maximum Gasteiger partial charge on any atom is 0.234 e. The molecular weight excluding hydrogens is 226 g/mol. The zero-order valence-electron chi connectivity index (χ0n) is 11.6. The van der Waals surface area contributed by atoms with E-state index in [9.17, 15) is 4.79 Å². The highest BCUT2D eigenvalue weighted by Crippen LogP contribution is 2.10. The molecule has 1 aliphatic rings. The van der Waals surface area contributed by atoms with Crippen LogP contribution in [0.4, 0.5) is 0 Å². The van der Waals surface area contributed by atoms with Gasteiger partial charge < -0.3 is 15.5 Å². The summed E-state index contributed by atoms with van der Waals surface area (Å²) in [6, 6.07) is 0.362. The van der Waals surface area contributed by atoms with Gasteiger partial charge in [0, 0.05) is 25.7 Å². The number of amides is 1. The molecule has 0 aliphatic carbocycles. The first-order valence-electron chi connectivity index (χ1n) is 7.09. The van der Waals surface area contributed by atoms with Gasteiger partial charge in [0.1, 0.15) is 0 Å². The molecule has 1 amide bonds. The van der Waals surface area contributed by atoms with Crippen molar-refractivity contribution in [2.75, 3.05) is 32.7 Å². The maximum atomic E-state index is 11.6. The minimum atomic E-state index is 0.101. The molecule has 2 N–H and O–H groups in total. The van der Waals surface area contributed by atoms with Gasteiger partial charge in [0.05, 0.1) is 6.54 Å². The van der Waals surface area contributed by atoms with E-state index in [-0.39, 0.29) is 5.91 Å². The van der Waals surface area contributed by atoms with Gasteiger partial charge in [-0.2, -0.15) is 0 Å². The smallest absolute Gasteiger partial charge is 0.234 e. The van der Waals surface area contributed by atoms with Crippen LogP contribution in [0.25, 0.3) is 0 Å². The van der Waals surface area contributed by atoms with Crippen molar-refractivity contribution in [2.45, 2.75) is 38.6 Å². The number of nitrogens with one attached hydrogen (secondary N) is 2. The number of likely N-dealkylation sites (tertiary alicyclic amines) is 1. The van der Waals surface area contributed by atoms with Crippen LogP contribution in [-0.2, 0) is 4.79 Å². The van der Waals surface area contributed by atoms with Crippen LogP contribution in [0.1, 0.15) is 32.6 Å². The summed E-state index contributed by atoms with van der Waals surface area (Å²) in [6.07, 6.45) is 6.46. The van der Waals surface area contributed by atoms with Gasteiger partial charge in [-0.05, 0) is 25.8 Å². The standard InChI is InChI=1S/C14H27N3O/c1-3-5-9-17-10-6-13(7-11-17)16-14(18)12-15-8-4-2/h4,13,15H,2-3,5-12H2,1H3,(H,16,18). The second kappa shape index (κ2) is 9.11. The van der Waals surface area contributed by atoms with Crippen molar-refractivity contribution in [1.82, 2.24) is 15.5 Å². The second-order valence-corrected chi connectivity index (χ2v) is 4.96. The Morgan fingerprint density at radius 2 is 2.17 bits per heavy atom. The lowest BCUT2D eigenvalue weighted by Crippen LogP contribution is -2.47. The van der Waals surface area contributed by atoms with Crippen molar-refractivity contribution < 1.29 is 4.79 Å². The monoisotopic (exact) mass is 253 g/mol. The van der Waals surface area contributed by atoms with E-state index in [0.717, 1.165) is 25.9 Å². The van der Waals surface area contributed by atoms with Crippen molar-refractivity contribution in [2.24, 2.45) is 0 Å². The van der Waals surface area contributed by atoms with E-state index in [1.54, 1.807) is 6.08 Å². The average molecular weight is 253 g/mol. The third kappa shape index (κ3) is 6.17. The molecule has 1 saturated heterocycles. The molecule has 0 bridgehead atoms. The summed E-state index contributed by atoms with van der Waals surface area (Å²) in [7, 11) is 0. The van der Waals surface area contributed by atoms with Crippen LogP contribution in [0.2, 0.25) is 0 Å². The van der Waals surface area contributed by atoms with Crippen molar-refractivity contribution in [1.29, 1.82) is 0 Å². The van der Waals surface area contributed by atoms with Gasteiger partial charge in [-0.1, -0.05) is 19.4 Å². The summed E-state index contributed by atoms with van der Waals surface area (Å²) in [5, 5.41) is 6.11. The SMILES string of the molecule is C=CCNCC(=O)NC1CCN(CCCC)CC1. The summed E-state index contributed by atoms with van der Waals surface area (Å²) in [6.45, 7) is 10.3. The molecule has 0 spiro atoms. The molecule has 4 nitrogen and oxygen atoms in total. The fourth-order valence-corrected chi connectivity index (χ4v) is 2.25. The van der Waals surface area contributed by atoms with Crippen molar-refractivity contribution in [3.05, 3.63) is 12.7 Å². The molecule has 4 heteroatoms. The Labute approximate surface area is 111 Å². The summed E-state index contributed by atoms with van der Waals surface area (Å²) in [5.74, 6) is 0.101. The van der Waals surface area contributed by atoms with E-state index in [1.807, 2.05) is 0 Å². The Kier molecular flexibility index (Phi) is 7.69. The molecule has 1 rings (SSSR count). The zero-order valence-corrected chi connectivity index (χ0v) is 11.6. The van der Waals surface area contributed by atoms with Crippen molar-refractivity contribution >= 4 is 5.91 Å². The molecule has 104 valence electrons. The quantitative estimate of drug-likeness (QED) is 0.504. The number of nitrogens with zero attached hydrogens (tertiary/aromatic N) is 1. The first-order valence-corrected chi connectivity index (χ1v) is 7.09. The molecular formula is C14H27N3O. The Morgan fingerprint density at radius 1 is 1.44 bits per heavy atom. The Morgan fingerprint density at radius 3 is 2.78 bits per heavy atom. The van der Waals surface area contributed by atoms with Crippen LogP contribution in [0.15, 0.2) is 12.7 Å². The van der Waals surface area contributed by atoms with E-state index in [4.69, 9.17) is 0 Å². The molecule has 0 aromatic carbocycles. The van der Waals surface area contributed by atoms with Gasteiger partial charge in [-0.15, -0.1) is 6.58 Å². The predicted molar refractivity (Wildman–Crippen MR) is 75.6 cm³/mol. The molecule has 18 heavy (non-hydrogen) atoms. The molecule has 0 atom stereocenters. The van der Waals surface area contributed by atoms with E-state index < -0.39 is 0 Å². The largest absolute Gasteiger partial charge is 0.352 e. The van der Waals surface area contributed by atoms with Gasteiger partial charge in [0.15, 0.2) is 0 Å². The highest BCUT2D eigenvalue weighted by molar-refractivity contribution is 5.78. The lowest BCUT2D eigenvalue weighted by atomic mass is 10.0. The predicted octanol–water partition coefficient (Wildman–Crippen LogP) is 1.14. The van der Waals surface area contributed by atoms with Crippen LogP contribution in [0.3, 0.4) is 0 Å². The molecule has 0 aromatic heterocycles. The summed E-state index contributed by atoms with van der Waals surface area (Å²) in [5.41, 5.74) is 0. The van der Waals surface area contributed by atoms with E-state index >= 15 is 0 Å². The Balaban J connectivity index is 2.11. The fourth-order valence-electron chi connectivity index (χ4n) is 2.25. The number of hydrogen-bond donors (Lipinski definition) is 2. The van der Waals surface area contributed by atoms with Crippen LogP contribution < -0.4 is 10.6 Å². The van der Waals surface area contributed by atoms with Gasteiger partial charge in [-0.25, -0.2) is 0 Å². The molecule has 0 aromatic rings. The minimum Gasteiger partial charge on any atom is -0.352 e. The lowest BCUT2D eigenvalue weighted by Gasteiger charge is -2.32. The van der Waals surface area contributed by atoms with Gasteiger partial charge in [0.2, 0.25) is 5.91 Å². The van der Waals surface area contributed by atoms with Crippen LogP contribution >= 0.6 is 0 Å². The highest BCUT2D eigenvalue weighted by atomic mass is 16.1. The number of carbonyl (C=O) groups excluding carboxylic acids is 1. The minimum absolute atomic E-state index is 0.101. The van der Waals surface area contributed by atoms with Gasteiger partial charge in [-0.3, -0.25) is 4.79 Å². The average Bonchev–Trinajstić information content (AvgIpc) is 2.38. The maximum absolute atomic E-state index is 11.6. The summed E-state index contributed by atoms with van der Waals surface area (Å²) in [4.78, 5) is 14.1. The highest BCUT2D eigenvalue weighted by Gasteiger charge is 2.19. The lowest BCUT2D eigenvalue weighted by molar-refractivity contribution is -0.121. The van der Waals surface area contributed by atoms with Gasteiger partial charge >= 0.3 is 0 Å². The zero-order chi connectivity index (χ0) is 13.2. The van der Waals surface area contributed by atoms with Crippen LogP contribution in [-0.4, -0.2) is 49.6 Å². The molecule has 0 radical (unpaired) electrons. The van der Waals surface area contributed by atoms with E-state index in [2.05, 4.69) is 29.0 Å². The van der Waals surface area contributed by atoms with Gasteiger partial charge in [0.25, 0.3) is 0 Å². The summed E-state index contributed by atoms with van der Waals surface area (Å²) >= 11 is 0. The van der Waals surface area contributed by atoms with Crippen molar-refractivity contribution in [3.8, 4) is 0 Å². The number of piperidine rings is 1. The Hall–Kier alpha value is -0.870. The number of unbranched alkanes of at least 4 members (excludes halogenated alkanes) is 1. The normalized spacial score (nSPS) is 17.6. The topological polar surface area (TPSA) is 44.4 Å². The summed E-state index contributed by atoms with van der Waals surface area (Å²) < 4.78 is 0. The van der Waals surface area contributed by atoms with Crippen LogP contribution in [0.5, 0.6) is 0 Å². The molecule has 1 aliphatic heterocycles. The second-order valence-electron chi connectivity index (χ2n) is 4.96. The third-order valence-corrected chi connectivity index (χ3v) is 3.35. The molecule has 0 unspecified atom stereocenters. The number of carbonyl (C=O) groups is 1. The number of rotatable bonds is 8. The third-order valence-electron chi connectivity index (χ3n) is 3.35. The number of hydrogen-bond acceptors (Lipinski definition) is 3. The fraction of sp³-hybridized carbons (Fsp3) is 0.786. The molecule has 1 heterocycles. The first-order chi connectivity index (χ1) is 8.76. The van der Waals surface area contributed by atoms with Crippen molar-refractivity contribution in [3.63, 3.8) is 0 Å². The van der Waals surface area contributed by atoms with Crippen LogP contribution in [0, 0.1) is 0 Å².